The van der Waals surface area contributed by atoms with Crippen LogP contribution in [0.1, 0.15) is 33.4 Å². The summed E-state index contributed by atoms with van der Waals surface area (Å²) in [6.07, 6.45) is 0.409. The average Bonchev–Trinajstić information content (AvgIpc) is 2.47. The Balaban J connectivity index is 2.62. The van der Waals surface area contributed by atoms with Gasteiger partial charge in [0, 0.05) is 12.5 Å². The van der Waals surface area contributed by atoms with Crippen molar-refractivity contribution in [3.8, 4) is 23.6 Å². The molecular formula is C18H16N2O2. The maximum absolute atomic E-state index is 10.1. The lowest BCUT2D eigenvalue weighted by Gasteiger charge is -2.12. The van der Waals surface area contributed by atoms with Crippen LogP contribution >= 0.6 is 0 Å². The molecule has 22 heavy (non-hydrogen) atoms. The third-order valence-electron chi connectivity index (χ3n) is 3.49. The van der Waals surface area contributed by atoms with Crippen LogP contribution in [0.3, 0.4) is 0 Å². The molecule has 1 N–H and O–H groups in total. The van der Waals surface area contributed by atoms with Gasteiger partial charge in [0.1, 0.15) is 11.6 Å². The second-order valence-electron chi connectivity index (χ2n) is 5.22. The lowest BCUT2D eigenvalue weighted by Crippen LogP contribution is -2.00. The van der Waals surface area contributed by atoms with Gasteiger partial charge in [0.15, 0.2) is 11.5 Å². The van der Waals surface area contributed by atoms with Crippen molar-refractivity contribution in [1.29, 1.82) is 10.5 Å². The van der Waals surface area contributed by atoms with Gasteiger partial charge >= 0.3 is 0 Å². The molecule has 0 aromatic heterocycles. The first-order valence-corrected chi connectivity index (χ1v) is 6.80. The third kappa shape index (κ3) is 2.87. The minimum absolute atomic E-state index is 0.0926. The molecule has 0 atom stereocenters. The van der Waals surface area contributed by atoms with E-state index in [0.29, 0.717) is 17.5 Å². The molecule has 0 saturated carbocycles. The van der Waals surface area contributed by atoms with Crippen molar-refractivity contribution in [2.24, 2.45) is 0 Å². The average molecular weight is 292 g/mol. The van der Waals surface area contributed by atoms with Crippen LogP contribution in [0.4, 0.5) is 0 Å². The molecule has 0 unspecified atom stereocenters. The Morgan fingerprint density at radius 2 is 1.68 bits per heavy atom. The summed E-state index contributed by atoms with van der Waals surface area (Å²) in [4.78, 5) is 0. The summed E-state index contributed by atoms with van der Waals surface area (Å²) in [5, 5.41) is 28.8. The zero-order chi connectivity index (χ0) is 16.3. The lowest BCUT2D eigenvalue weighted by atomic mass is 9.93. The molecule has 4 heteroatoms. The second-order valence-corrected chi connectivity index (χ2v) is 5.22. The van der Waals surface area contributed by atoms with Crippen LogP contribution in [0, 0.1) is 36.5 Å². The fraction of sp³-hybridized carbons (Fsp3) is 0.222. The van der Waals surface area contributed by atoms with Gasteiger partial charge in [-0.2, -0.15) is 10.5 Å². The van der Waals surface area contributed by atoms with Gasteiger partial charge in [-0.25, -0.2) is 0 Å². The Hall–Kier alpha value is -2.98. The first-order chi connectivity index (χ1) is 10.5. The van der Waals surface area contributed by atoms with Gasteiger partial charge < -0.3 is 9.84 Å². The van der Waals surface area contributed by atoms with Gasteiger partial charge in [0.05, 0.1) is 18.7 Å². The van der Waals surface area contributed by atoms with Gasteiger partial charge in [-0.3, -0.25) is 0 Å². The summed E-state index contributed by atoms with van der Waals surface area (Å²) in [6.45, 7) is 4.00. The fourth-order valence-corrected chi connectivity index (χ4v) is 2.62. The number of nitrogens with zero attached hydrogens (tertiary/aromatic N) is 2. The molecule has 0 bridgehead atoms. The Labute approximate surface area is 129 Å². The van der Waals surface area contributed by atoms with Gasteiger partial charge in [-0.15, -0.1) is 0 Å². The molecule has 0 aliphatic rings. The number of nitriles is 2. The summed E-state index contributed by atoms with van der Waals surface area (Å²) in [5.41, 5.74) is 4.18. The van der Waals surface area contributed by atoms with Crippen molar-refractivity contribution in [3.63, 3.8) is 0 Å². The van der Waals surface area contributed by atoms with E-state index in [-0.39, 0.29) is 17.1 Å². The normalized spacial score (nSPS) is 9.86. The number of hydrogen-bond acceptors (Lipinski definition) is 4. The molecule has 0 saturated heterocycles. The molecule has 2 aromatic carbocycles. The molecule has 0 aliphatic heterocycles. The first kappa shape index (κ1) is 15.4. The summed E-state index contributed by atoms with van der Waals surface area (Å²) >= 11 is 0. The van der Waals surface area contributed by atoms with Gasteiger partial charge in [-0.1, -0.05) is 29.3 Å². The van der Waals surface area contributed by atoms with Crippen LogP contribution in [0.25, 0.3) is 0 Å². The van der Waals surface area contributed by atoms with Crippen molar-refractivity contribution in [3.05, 3.63) is 57.6 Å². The molecule has 0 fully saturated rings. The zero-order valence-electron chi connectivity index (χ0n) is 12.8. The Morgan fingerprint density at radius 3 is 2.18 bits per heavy atom. The maximum Gasteiger partial charge on any atom is 0.176 e. The Bertz CT molecular complexity index is 791. The highest BCUT2D eigenvalue weighted by molar-refractivity contribution is 5.62. The zero-order valence-corrected chi connectivity index (χ0v) is 12.8. The van der Waals surface area contributed by atoms with E-state index in [4.69, 9.17) is 4.74 Å². The monoisotopic (exact) mass is 292 g/mol. The van der Waals surface area contributed by atoms with Crippen molar-refractivity contribution in [1.82, 2.24) is 0 Å². The van der Waals surface area contributed by atoms with Gasteiger partial charge in [0.2, 0.25) is 0 Å². The van der Waals surface area contributed by atoms with E-state index in [1.165, 1.54) is 13.2 Å². The van der Waals surface area contributed by atoms with E-state index in [2.05, 4.69) is 12.1 Å². The number of rotatable bonds is 3. The smallest absolute Gasteiger partial charge is 0.176 e. The van der Waals surface area contributed by atoms with E-state index in [1.54, 1.807) is 0 Å². The van der Waals surface area contributed by atoms with Crippen LogP contribution < -0.4 is 4.74 Å². The standard InChI is InChI=1S/C18H16N2O2/c1-11-4-12(2)6-13(5-11)7-15-14(9-19)8-17(22-3)18(21)16(15)10-20/h4-6,8,21H,7H2,1-3H3. The molecule has 2 aromatic rings. The number of benzene rings is 2. The van der Waals surface area contributed by atoms with Crippen molar-refractivity contribution >= 4 is 0 Å². The molecule has 0 amide bonds. The van der Waals surface area contributed by atoms with Crippen LogP contribution in [0.5, 0.6) is 11.5 Å². The van der Waals surface area contributed by atoms with Gasteiger partial charge in [0.25, 0.3) is 0 Å². The SMILES string of the molecule is COc1cc(C#N)c(Cc2cc(C)cc(C)c2)c(C#N)c1O. The van der Waals surface area contributed by atoms with Crippen molar-refractivity contribution in [2.75, 3.05) is 7.11 Å². The quantitative estimate of drug-likeness (QED) is 0.941. The molecule has 0 spiro atoms. The molecule has 0 heterocycles. The summed E-state index contributed by atoms with van der Waals surface area (Å²) in [7, 11) is 1.39. The number of aryl methyl sites for hydroxylation is 2. The largest absolute Gasteiger partial charge is 0.503 e. The molecule has 0 radical (unpaired) electrons. The topological polar surface area (TPSA) is 77.0 Å². The number of hydrogen-bond donors (Lipinski definition) is 1. The first-order valence-electron chi connectivity index (χ1n) is 6.80. The van der Waals surface area contributed by atoms with Crippen LogP contribution in [0.2, 0.25) is 0 Å². The van der Waals surface area contributed by atoms with Crippen LogP contribution in [-0.2, 0) is 6.42 Å². The highest BCUT2D eigenvalue weighted by Crippen LogP contribution is 2.35. The number of phenols is 1. The minimum Gasteiger partial charge on any atom is -0.503 e. The van der Waals surface area contributed by atoms with Crippen LogP contribution in [-0.4, -0.2) is 12.2 Å². The highest BCUT2D eigenvalue weighted by Gasteiger charge is 2.18. The Morgan fingerprint density at radius 1 is 1.05 bits per heavy atom. The number of methoxy groups -OCH3 is 1. The fourth-order valence-electron chi connectivity index (χ4n) is 2.62. The number of phenolic OH excluding ortho intramolecular Hbond substituents is 1. The summed E-state index contributed by atoms with van der Waals surface area (Å²) < 4.78 is 5.02. The second kappa shape index (κ2) is 6.20. The van der Waals surface area contributed by atoms with E-state index >= 15 is 0 Å². The van der Waals surface area contributed by atoms with E-state index in [9.17, 15) is 15.6 Å². The molecule has 2 rings (SSSR count). The predicted octanol–water partition coefficient (Wildman–Crippen LogP) is 3.35. The van der Waals surface area contributed by atoms with Crippen molar-refractivity contribution < 1.29 is 9.84 Å². The third-order valence-corrected chi connectivity index (χ3v) is 3.49. The van der Waals surface area contributed by atoms with E-state index < -0.39 is 0 Å². The molecule has 4 nitrogen and oxygen atoms in total. The molecule has 110 valence electrons. The summed E-state index contributed by atoms with van der Waals surface area (Å²) in [6, 6.07) is 11.6. The van der Waals surface area contributed by atoms with E-state index in [0.717, 1.165) is 16.7 Å². The van der Waals surface area contributed by atoms with E-state index in [1.807, 2.05) is 32.0 Å². The molecular weight excluding hydrogens is 276 g/mol. The van der Waals surface area contributed by atoms with Gasteiger partial charge in [-0.05, 0) is 25.0 Å². The predicted molar refractivity (Wildman–Crippen MR) is 82.8 cm³/mol. The van der Waals surface area contributed by atoms with Crippen molar-refractivity contribution in [2.45, 2.75) is 20.3 Å². The minimum atomic E-state index is -0.219. The van der Waals surface area contributed by atoms with Crippen LogP contribution in [0.15, 0.2) is 24.3 Å². The summed E-state index contributed by atoms with van der Waals surface area (Å²) in [5.74, 6) is -0.0827. The number of ether oxygens (including phenoxy) is 1. The molecule has 0 aliphatic carbocycles. The lowest BCUT2D eigenvalue weighted by molar-refractivity contribution is 0.372. The highest BCUT2D eigenvalue weighted by atomic mass is 16.5. The maximum atomic E-state index is 10.1. The Kier molecular flexibility index (Phi) is 4.34. The number of aromatic hydroxyl groups is 1.